The molecule has 2 rings (SSSR count). The number of H-pyrrole nitrogens is 2. The third-order valence-electron chi connectivity index (χ3n) is 1.96. The van der Waals surface area contributed by atoms with Crippen molar-refractivity contribution in [2.75, 3.05) is 5.32 Å². The average Bonchev–Trinajstić information content (AvgIpc) is 2.22. The first-order chi connectivity index (χ1) is 8.04. The Hall–Kier alpha value is -2.44. The van der Waals surface area contributed by atoms with Gasteiger partial charge in [0, 0.05) is 17.8 Å². The topological polar surface area (TPSA) is 77.8 Å². The van der Waals surface area contributed by atoms with Crippen LogP contribution in [-0.2, 0) is 0 Å². The lowest BCUT2D eigenvalue weighted by atomic mass is 10.3. The largest absolute Gasteiger partial charge is 0.341 e. The van der Waals surface area contributed by atoms with Crippen LogP contribution in [0.15, 0.2) is 33.9 Å². The Morgan fingerprint density at radius 3 is 2.41 bits per heavy atom. The summed E-state index contributed by atoms with van der Waals surface area (Å²) in [7, 11) is 0. The molecule has 2 aromatic rings. The van der Waals surface area contributed by atoms with Crippen molar-refractivity contribution in [3.8, 4) is 0 Å². The number of aromatic nitrogens is 2. The SMILES string of the molecule is O=c1cc(Nc2ccc(F)c(F)c2)[nH]c(=O)[nH]1. The quantitative estimate of drug-likeness (QED) is 0.733. The minimum atomic E-state index is -1.03. The van der Waals surface area contributed by atoms with Gasteiger partial charge in [-0.2, -0.15) is 0 Å². The van der Waals surface area contributed by atoms with Gasteiger partial charge in [0.05, 0.1) is 0 Å². The van der Waals surface area contributed by atoms with Gasteiger partial charge in [-0.3, -0.25) is 14.8 Å². The molecule has 5 nitrogen and oxygen atoms in total. The summed E-state index contributed by atoms with van der Waals surface area (Å²) in [6.07, 6.45) is 0. The van der Waals surface area contributed by atoms with Crippen LogP contribution < -0.4 is 16.6 Å². The first kappa shape index (κ1) is 11.1. The van der Waals surface area contributed by atoms with Crippen molar-refractivity contribution in [2.24, 2.45) is 0 Å². The zero-order valence-corrected chi connectivity index (χ0v) is 8.38. The molecule has 0 aliphatic rings. The Bertz CT molecular complexity index is 635. The van der Waals surface area contributed by atoms with Gasteiger partial charge < -0.3 is 5.32 Å². The maximum absolute atomic E-state index is 12.9. The molecule has 0 saturated carbocycles. The van der Waals surface area contributed by atoms with Gasteiger partial charge >= 0.3 is 5.69 Å². The molecule has 0 saturated heterocycles. The number of hydrogen-bond acceptors (Lipinski definition) is 3. The molecule has 0 spiro atoms. The predicted octanol–water partition coefficient (Wildman–Crippen LogP) is 1.08. The lowest BCUT2D eigenvalue weighted by Gasteiger charge is -2.05. The molecule has 0 fully saturated rings. The number of nitrogens with one attached hydrogen (secondary N) is 3. The molecule has 17 heavy (non-hydrogen) atoms. The number of benzene rings is 1. The smallest absolute Gasteiger partial charge is 0.327 e. The van der Waals surface area contributed by atoms with E-state index in [1.54, 1.807) is 0 Å². The fraction of sp³-hybridized carbons (Fsp3) is 0. The predicted molar refractivity (Wildman–Crippen MR) is 57.3 cm³/mol. The Kier molecular flexibility index (Phi) is 2.73. The van der Waals surface area contributed by atoms with Crippen LogP contribution in [0.2, 0.25) is 0 Å². The van der Waals surface area contributed by atoms with Crippen LogP contribution in [0.5, 0.6) is 0 Å². The van der Waals surface area contributed by atoms with E-state index in [0.29, 0.717) is 0 Å². The summed E-state index contributed by atoms with van der Waals surface area (Å²) in [6.45, 7) is 0. The summed E-state index contributed by atoms with van der Waals surface area (Å²) < 4.78 is 25.5. The van der Waals surface area contributed by atoms with E-state index in [4.69, 9.17) is 0 Å². The van der Waals surface area contributed by atoms with Crippen LogP contribution >= 0.6 is 0 Å². The van der Waals surface area contributed by atoms with Crippen LogP contribution in [0, 0.1) is 11.6 Å². The third-order valence-corrected chi connectivity index (χ3v) is 1.96. The molecule has 1 heterocycles. The van der Waals surface area contributed by atoms with Crippen molar-refractivity contribution in [1.82, 2.24) is 9.97 Å². The Morgan fingerprint density at radius 2 is 1.76 bits per heavy atom. The van der Waals surface area contributed by atoms with E-state index in [2.05, 4.69) is 10.3 Å². The van der Waals surface area contributed by atoms with Crippen molar-refractivity contribution in [2.45, 2.75) is 0 Å². The highest BCUT2D eigenvalue weighted by atomic mass is 19.2. The molecule has 7 heteroatoms. The van der Waals surface area contributed by atoms with Crippen LogP contribution in [0.1, 0.15) is 0 Å². The number of aromatic amines is 2. The van der Waals surface area contributed by atoms with Crippen molar-refractivity contribution < 1.29 is 8.78 Å². The van der Waals surface area contributed by atoms with Crippen molar-refractivity contribution in [1.29, 1.82) is 0 Å². The highest BCUT2D eigenvalue weighted by Crippen LogP contribution is 2.15. The maximum atomic E-state index is 12.9. The van der Waals surface area contributed by atoms with Crippen LogP contribution in [0.4, 0.5) is 20.3 Å². The highest BCUT2D eigenvalue weighted by molar-refractivity contribution is 5.55. The van der Waals surface area contributed by atoms with Gasteiger partial charge in [0.2, 0.25) is 0 Å². The number of anilines is 2. The highest BCUT2D eigenvalue weighted by Gasteiger charge is 2.03. The molecule has 1 aromatic carbocycles. The number of halogens is 2. The average molecular weight is 239 g/mol. The maximum Gasteiger partial charge on any atom is 0.327 e. The molecule has 0 atom stereocenters. The van der Waals surface area contributed by atoms with Gasteiger partial charge in [0.15, 0.2) is 11.6 Å². The summed E-state index contributed by atoms with van der Waals surface area (Å²) in [6, 6.07) is 4.21. The van der Waals surface area contributed by atoms with Gasteiger partial charge in [-0.05, 0) is 12.1 Å². The molecule has 0 amide bonds. The molecule has 1 aromatic heterocycles. The molecule has 0 aliphatic carbocycles. The van der Waals surface area contributed by atoms with Gasteiger partial charge in [0.25, 0.3) is 5.56 Å². The van der Waals surface area contributed by atoms with Crippen molar-refractivity contribution >= 4 is 11.5 Å². The monoisotopic (exact) mass is 239 g/mol. The second-order valence-corrected chi connectivity index (χ2v) is 3.26. The summed E-state index contributed by atoms with van der Waals surface area (Å²) in [4.78, 5) is 26.2. The fourth-order valence-electron chi connectivity index (χ4n) is 1.27. The lowest BCUT2D eigenvalue weighted by Crippen LogP contribution is -2.22. The minimum Gasteiger partial charge on any atom is -0.341 e. The molecule has 0 unspecified atom stereocenters. The van der Waals surface area contributed by atoms with E-state index in [9.17, 15) is 18.4 Å². The van der Waals surface area contributed by atoms with Crippen molar-refractivity contribution in [3.63, 3.8) is 0 Å². The van der Waals surface area contributed by atoms with Crippen LogP contribution in [0.3, 0.4) is 0 Å². The Balaban J connectivity index is 2.34. The standard InChI is InChI=1S/C10H7F2N3O2/c11-6-2-1-5(3-7(6)12)13-8-4-9(16)15-10(17)14-8/h1-4H,(H3,13,14,15,16,17). The number of hydrogen-bond donors (Lipinski definition) is 3. The van der Waals surface area contributed by atoms with E-state index in [1.165, 1.54) is 6.07 Å². The van der Waals surface area contributed by atoms with Crippen LogP contribution in [-0.4, -0.2) is 9.97 Å². The molecule has 0 bridgehead atoms. The molecule has 3 N–H and O–H groups in total. The molecule has 0 radical (unpaired) electrons. The second kappa shape index (κ2) is 4.20. The van der Waals surface area contributed by atoms with Gasteiger partial charge in [0.1, 0.15) is 5.82 Å². The van der Waals surface area contributed by atoms with E-state index < -0.39 is 22.9 Å². The molecular formula is C10H7F2N3O2. The summed E-state index contributed by atoms with van der Waals surface area (Å²) in [5.74, 6) is -1.91. The number of rotatable bonds is 2. The van der Waals surface area contributed by atoms with E-state index in [1.807, 2.05) is 4.98 Å². The summed E-state index contributed by atoms with van der Waals surface area (Å²) >= 11 is 0. The van der Waals surface area contributed by atoms with E-state index in [-0.39, 0.29) is 11.5 Å². The normalized spacial score (nSPS) is 10.2. The van der Waals surface area contributed by atoms with E-state index in [0.717, 1.165) is 18.2 Å². The van der Waals surface area contributed by atoms with Crippen LogP contribution in [0.25, 0.3) is 0 Å². The first-order valence-corrected chi connectivity index (χ1v) is 4.60. The Morgan fingerprint density at radius 1 is 1.00 bits per heavy atom. The minimum absolute atomic E-state index is 0.0877. The summed E-state index contributed by atoms with van der Waals surface area (Å²) in [5.41, 5.74) is -1.08. The first-order valence-electron chi connectivity index (χ1n) is 4.60. The van der Waals surface area contributed by atoms with Crippen molar-refractivity contribution in [3.05, 3.63) is 56.7 Å². The summed E-state index contributed by atoms with van der Waals surface area (Å²) in [5, 5.41) is 2.57. The van der Waals surface area contributed by atoms with E-state index >= 15 is 0 Å². The van der Waals surface area contributed by atoms with Gasteiger partial charge in [-0.25, -0.2) is 13.6 Å². The van der Waals surface area contributed by atoms with Gasteiger partial charge in [-0.1, -0.05) is 0 Å². The molecular weight excluding hydrogens is 232 g/mol. The molecule has 88 valence electrons. The lowest BCUT2D eigenvalue weighted by molar-refractivity contribution is 0.509. The zero-order valence-electron chi connectivity index (χ0n) is 8.38. The molecule has 0 aliphatic heterocycles. The van der Waals surface area contributed by atoms with Gasteiger partial charge in [-0.15, -0.1) is 0 Å². The third kappa shape index (κ3) is 2.57. The fourth-order valence-corrected chi connectivity index (χ4v) is 1.27. The zero-order chi connectivity index (χ0) is 12.4. The second-order valence-electron chi connectivity index (χ2n) is 3.26. The Labute approximate surface area is 93.1 Å².